The Hall–Kier alpha value is -3.46. The molecule has 0 saturated heterocycles. The summed E-state index contributed by atoms with van der Waals surface area (Å²) in [5.74, 6) is -2.45. The Morgan fingerprint density at radius 1 is 1.17 bits per heavy atom. The van der Waals surface area contributed by atoms with Crippen LogP contribution < -0.4 is 10.9 Å². The second kappa shape index (κ2) is 7.75. The van der Waals surface area contributed by atoms with Crippen molar-refractivity contribution in [3.05, 3.63) is 62.3 Å². The monoisotopic (exact) mass is 427 g/mol. The third-order valence-electron chi connectivity index (χ3n) is 5.02. The van der Waals surface area contributed by atoms with Gasteiger partial charge in [-0.1, -0.05) is 18.2 Å². The molecule has 1 amide bonds. The van der Waals surface area contributed by atoms with Crippen molar-refractivity contribution in [3.63, 3.8) is 0 Å². The van der Waals surface area contributed by atoms with Crippen LogP contribution in [0.1, 0.15) is 43.5 Å². The average Bonchev–Trinajstić information content (AvgIpc) is 3.30. The number of hydrogen-bond donors (Lipinski definition) is 1. The van der Waals surface area contributed by atoms with Crippen molar-refractivity contribution in [3.8, 4) is 0 Å². The maximum absolute atomic E-state index is 12.8. The lowest BCUT2D eigenvalue weighted by Crippen LogP contribution is -2.22. The Bertz CT molecular complexity index is 1240. The van der Waals surface area contributed by atoms with E-state index in [1.54, 1.807) is 24.3 Å². The van der Waals surface area contributed by atoms with E-state index >= 15 is 0 Å². The number of para-hydroxylation sites is 1. The van der Waals surface area contributed by atoms with Crippen molar-refractivity contribution in [1.82, 2.24) is 0 Å². The summed E-state index contributed by atoms with van der Waals surface area (Å²) in [6.07, 6.45) is 1.08. The number of nitrogens with one attached hydrogen (secondary N) is 1. The van der Waals surface area contributed by atoms with E-state index in [-0.39, 0.29) is 16.1 Å². The van der Waals surface area contributed by atoms with Crippen LogP contribution in [-0.2, 0) is 20.7 Å². The molecule has 0 bridgehead atoms. The van der Waals surface area contributed by atoms with E-state index in [1.807, 2.05) is 0 Å². The number of anilines is 1. The smallest absolute Gasteiger partial charge is 0.349 e. The highest BCUT2D eigenvalue weighted by Crippen LogP contribution is 2.46. The summed E-state index contributed by atoms with van der Waals surface area (Å²) in [5, 5.41) is 3.43. The van der Waals surface area contributed by atoms with Crippen molar-refractivity contribution in [2.45, 2.75) is 18.8 Å². The standard InChI is InChI=1S/C21H17NO7S/c1-27-19(24)11-7-8-14-15(11)16(21(26)28-2)18(30-14)22-17(23)12-9-10-5-3-4-6-13(10)29-20(12)25/h3-6,9,11H,7-8H2,1-2H3,(H,22,23)/t11-/m1/s1. The van der Waals surface area contributed by atoms with Gasteiger partial charge < -0.3 is 19.2 Å². The third kappa shape index (κ3) is 3.26. The molecule has 0 saturated carbocycles. The van der Waals surface area contributed by atoms with Crippen LogP contribution in [0.15, 0.2) is 39.5 Å². The van der Waals surface area contributed by atoms with E-state index in [0.29, 0.717) is 29.4 Å². The zero-order chi connectivity index (χ0) is 21.4. The fraction of sp³-hybridized carbons (Fsp3) is 0.238. The van der Waals surface area contributed by atoms with E-state index in [0.717, 1.165) is 4.88 Å². The predicted octanol–water partition coefficient (Wildman–Crippen LogP) is 3.10. The summed E-state index contributed by atoms with van der Waals surface area (Å²) in [6, 6.07) is 8.27. The van der Waals surface area contributed by atoms with Crippen molar-refractivity contribution >= 4 is 45.2 Å². The highest BCUT2D eigenvalue weighted by Gasteiger charge is 2.38. The number of amides is 1. The molecule has 2 heterocycles. The predicted molar refractivity (Wildman–Crippen MR) is 109 cm³/mol. The first kappa shape index (κ1) is 19.8. The van der Waals surface area contributed by atoms with E-state index in [2.05, 4.69) is 5.32 Å². The second-order valence-corrected chi connectivity index (χ2v) is 7.79. The zero-order valence-electron chi connectivity index (χ0n) is 16.1. The first-order valence-corrected chi connectivity index (χ1v) is 9.92. The number of carbonyl (C=O) groups is 3. The molecule has 154 valence electrons. The topological polar surface area (TPSA) is 112 Å². The summed E-state index contributed by atoms with van der Waals surface area (Å²) >= 11 is 1.18. The fourth-order valence-corrected chi connectivity index (χ4v) is 4.89. The number of rotatable bonds is 4. The molecule has 0 spiro atoms. The summed E-state index contributed by atoms with van der Waals surface area (Å²) in [6.45, 7) is 0. The van der Waals surface area contributed by atoms with Crippen LogP contribution in [0.25, 0.3) is 11.0 Å². The minimum absolute atomic E-state index is 0.115. The van der Waals surface area contributed by atoms with Crippen LogP contribution in [0, 0.1) is 0 Å². The van der Waals surface area contributed by atoms with Gasteiger partial charge in [0.15, 0.2) is 0 Å². The van der Waals surface area contributed by atoms with Crippen LogP contribution >= 0.6 is 11.3 Å². The second-order valence-electron chi connectivity index (χ2n) is 6.69. The normalized spacial score (nSPS) is 14.9. The number of methoxy groups -OCH3 is 2. The Morgan fingerprint density at radius 2 is 1.93 bits per heavy atom. The lowest BCUT2D eigenvalue weighted by molar-refractivity contribution is -0.142. The van der Waals surface area contributed by atoms with Crippen molar-refractivity contribution in [2.75, 3.05) is 19.5 Å². The first-order valence-electron chi connectivity index (χ1n) is 9.10. The average molecular weight is 427 g/mol. The highest BCUT2D eigenvalue weighted by atomic mass is 32.1. The lowest BCUT2D eigenvalue weighted by Gasteiger charge is -2.11. The number of benzene rings is 1. The molecule has 1 aromatic carbocycles. The highest BCUT2D eigenvalue weighted by molar-refractivity contribution is 7.17. The lowest BCUT2D eigenvalue weighted by atomic mass is 9.99. The Kier molecular flexibility index (Phi) is 5.13. The minimum atomic E-state index is -0.789. The number of hydrogen-bond acceptors (Lipinski definition) is 8. The van der Waals surface area contributed by atoms with Gasteiger partial charge in [-0.25, -0.2) is 9.59 Å². The molecule has 1 N–H and O–H groups in total. The van der Waals surface area contributed by atoms with Gasteiger partial charge in [0.25, 0.3) is 5.91 Å². The molecule has 0 aliphatic heterocycles. The summed E-state index contributed by atoms with van der Waals surface area (Å²) in [5.41, 5.74) is 0.0127. The number of ether oxygens (including phenoxy) is 2. The molecule has 8 nitrogen and oxygen atoms in total. The number of carbonyl (C=O) groups excluding carboxylic acids is 3. The van der Waals surface area contributed by atoms with E-state index in [1.165, 1.54) is 31.6 Å². The Balaban J connectivity index is 1.74. The number of fused-ring (bicyclic) bond motifs is 2. The number of thiophene rings is 1. The Morgan fingerprint density at radius 3 is 2.67 bits per heavy atom. The zero-order valence-corrected chi connectivity index (χ0v) is 17.0. The van der Waals surface area contributed by atoms with Crippen LogP contribution in [0.4, 0.5) is 5.00 Å². The molecule has 1 atom stereocenters. The van der Waals surface area contributed by atoms with E-state index < -0.39 is 29.4 Å². The summed E-state index contributed by atoms with van der Waals surface area (Å²) in [4.78, 5) is 50.5. The van der Waals surface area contributed by atoms with Gasteiger partial charge in [0.2, 0.25) is 0 Å². The molecule has 4 rings (SSSR count). The molecular weight excluding hydrogens is 410 g/mol. The van der Waals surface area contributed by atoms with Gasteiger partial charge in [0, 0.05) is 10.3 Å². The van der Waals surface area contributed by atoms with Gasteiger partial charge in [0.05, 0.1) is 25.7 Å². The van der Waals surface area contributed by atoms with Gasteiger partial charge in [-0.05, 0) is 30.5 Å². The summed E-state index contributed by atoms with van der Waals surface area (Å²) in [7, 11) is 2.50. The van der Waals surface area contributed by atoms with Gasteiger partial charge >= 0.3 is 17.6 Å². The maximum atomic E-state index is 12.8. The minimum Gasteiger partial charge on any atom is -0.469 e. The van der Waals surface area contributed by atoms with Gasteiger partial charge in [-0.3, -0.25) is 9.59 Å². The van der Waals surface area contributed by atoms with Crippen LogP contribution in [0.5, 0.6) is 0 Å². The van der Waals surface area contributed by atoms with Gasteiger partial charge in [0.1, 0.15) is 16.1 Å². The molecule has 2 aromatic heterocycles. The molecule has 9 heteroatoms. The molecule has 30 heavy (non-hydrogen) atoms. The van der Waals surface area contributed by atoms with E-state index in [9.17, 15) is 19.2 Å². The molecule has 0 unspecified atom stereocenters. The number of esters is 2. The molecule has 3 aromatic rings. The first-order chi connectivity index (χ1) is 14.4. The molecule has 1 aliphatic rings. The SMILES string of the molecule is COC(=O)c1c(NC(=O)c2cc3ccccc3oc2=O)sc2c1[C@H](C(=O)OC)CC2. The Labute approximate surface area is 174 Å². The van der Waals surface area contributed by atoms with Crippen LogP contribution in [-0.4, -0.2) is 32.1 Å². The van der Waals surface area contributed by atoms with Crippen LogP contribution in [0.2, 0.25) is 0 Å². The molecule has 0 fully saturated rings. The fourth-order valence-electron chi connectivity index (χ4n) is 3.63. The van der Waals surface area contributed by atoms with Crippen molar-refractivity contribution in [1.29, 1.82) is 0 Å². The molecule has 0 radical (unpaired) electrons. The van der Waals surface area contributed by atoms with Crippen molar-refractivity contribution in [2.24, 2.45) is 0 Å². The molecular formula is C21H17NO7S. The maximum Gasteiger partial charge on any atom is 0.349 e. The largest absolute Gasteiger partial charge is 0.469 e. The van der Waals surface area contributed by atoms with Crippen molar-refractivity contribution < 1.29 is 28.3 Å². The van der Waals surface area contributed by atoms with Crippen LogP contribution in [0.3, 0.4) is 0 Å². The van der Waals surface area contributed by atoms with E-state index in [4.69, 9.17) is 13.9 Å². The van der Waals surface area contributed by atoms with Gasteiger partial charge in [-0.2, -0.15) is 0 Å². The quantitative estimate of drug-likeness (QED) is 0.503. The van der Waals surface area contributed by atoms with Gasteiger partial charge in [-0.15, -0.1) is 11.3 Å². The molecule has 1 aliphatic carbocycles. The third-order valence-corrected chi connectivity index (χ3v) is 6.20. The summed E-state index contributed by atoms with van der Waals surface area (Å²) < 4.78 is 14.9. The number of aryl methyl sites for hydroxylation is 1.